The van der Waals surface area contributed by atoms with Crippen LogP contribution in [0.15, 0.2) is 35.3 Å². The van der Waals surface area contributed by atoms with Gasteiger partial charge >= 0.3 is 0 Å². The summed E-state index contributed by atoms with van der Waals surface area (Å²) in [6, 6.07) is 9.68. The highest BCUT2D eigenvalue weighted by Gasteiger charge is 1.91. The van der Waals surface area contributed by atoms with Crippen molar-refractivity contribution in [2.75, 3.05) is 13.6 Å². The topological polar surface area (TPSA) is 41.5 Å². The van der Waals surface area contributed by atoms with Gasteiger partial charge in [-0.25, -0.2) is 0 Å². The highest BCUT2D eigenvalue weighted by molar-refractivity contribution is 5.83. The van der Waals surface area contributed by atoms with Gasteiger partial charge in [0.1, 0.15) is 6.54 Å². The molecule has 0 fully saturated rings. The lowest BCUT2D eigenvalue weighted by molar-refractivity contribution is -0.119. The van der Waals surface area contributed by atoms with Crippen LogP contribution in [0.1, 0.15) is 19.4 Å². The summed E-state index contributed by atoms with van der Waals surface area (Å²) in [7, 11) is 1.60. The van der Waals surface area contributed by atoms with Crippen molar-refractivity contribution >= 4 is 12.1 Å². The van der Waals surface area contributed by atoms with Gasteiger partial charge in [0.15, 0.2) is 0 Å². The van der Waals surface area contributed by atoms with Crippen LogP contribution >= 0.6 is 0 Å². The summed E-state index contributed by atoms with van der Waals surface area (Å²) in [4.78, 5) is 14.8. The molecule has 0 radical (unpaired) electrons. The number of aliphatic imine (C=N–C) groups is 1. The first-order valence-corrected chi connectivity index (χ1v) is 5.08. The highest BCUT2D eigenvalue weighted by atomic mass is 16.1. The molecule has 1 aromatic carbocycles. The van der Waals surface area contributed by atoms with Crippen LogP contribution in [0.2, 0.25) is 0 Å². The number of amides is 1. The van der Waals surface area contributed by atoms with Crippen LogP contribution in [-0.2, 0) is 4.79 Å². The fraction of sp³-hybridized carbons (Fsp3) is 0.333. The quantitative estimate of drug-likeness (QED) is 0.754. The van der Waals surface area contributed by atoms with Gasteiger partial charge in [-0.1, -0.05) is 44.2 Å². The number of carbonyl (C=O) groups is 1. The fourth-order valence-corrected chi connectivity index (χ4v) is 0.852. The van der Waals surface area contributed by atoms with E-state index in [1.807, 2.05) is 44.2 Å². The highest BCUT2D eigenvalue weighted by Crippen LogP contribution is 1.93. The molecule has 0 heterocycles. The monoisotopic (exact) mass is 206 g/mol. The Kier molecular flexibility index (Phi) is 7.96. The Morgan fingerprint density at radius 2 is 1.93 bits per heavy atom. The van der Waals surface area contributed by atoms with Crippen molar-refractivity contribution < 1.29 is 4.79 Å². The zero-order chi connectivity index (χ0) is 11.5. The van der Waals surface area contributed by atoms with E-state index >= 15 is 0 Å². The van der Waals surface area contributed by atoms with Crippen LogP contribution in [0.25, 0.3) is 0 Å². The van der Waals surface area contributed by atoms with Gasteiger partial charge in [0.05, 0.1) is 0 Å². The van der Waals surface area contributed by atoms with E-state index in [2.05, 4.69) is 10.3 Å². The lowest BCUT2D eigenvalue weighted by atomic mass is 10.2. The second-order valence-electron chi connectivity index (χ2n) is 2.55. The number of carbonyl (C=O) groups excluding carboxylic acids is 1. The predicted octanol–water partition coefficient (Wildman–Crippen LogP) is 1.88. The van der Waals surface area contributed by atoms with Gasteiger partial charge in [0, 0.05) is 13.3 Å². The van der Waals surface area contributed by atoms with E-state index in [0.29, 0.717) is 0 Å². The molecule has 0 unspecified atom stereocenters. The molecule has 1 aromatic rings. The molecule has 1 amide bonds. The molecule has 1 N–H and O–H groups in total. The van der Waals surface area contributed by atoms with Crippen LogP contribution in [0.4, 0.5) is 0 Å². The molecular weight excluding hydrogens is 188 g/mol. The van der Waals surface area contributed by atoms with Crippen molar-refractivity contribution in [3.8, 4) is 0 Å². The summed E-state index contributed by atoms with van der Waals surface area (Å²) in [6.45, 7) is 4.19. The molecule has 0 aliphatic heterocycles. The standard InChI is InChI=1S/C10H12N2O.C2H6/c1-11-10(13)8-12-7-9-5-3-2-4-6-9;1-2/h2-7H,8H2,1H3,(H,11,13);1-2H3. The molecule has 0 aromatic heterocycles. The Hall–Kier alpha value is -1.64. The molecule has 0 aliphatic carbocycles. The fourth-order valence-electron chi connectivity index (χ4n) is 0.852. The number of hydrogen-bond donors (Lipinski definition) is 1. The predicted molar refractivity (Wildman–Crippen MR) is 64.3 cm³/mol. The van der Waals surface area contributed by atoms with Gasteiger partial charge in [-0.05, 0) is 5.56 Å². The van der Waals surface area contributed by atoms with Crippen LogP contribution in [0.5, 0.6) is 0 Å². The first-order valence-electron chi connectivity index (χ1n) is 5.08. The third-order valence-electron chi connectivity index (χ3n) is 1.55. The van der Waals surface area contributed by atoms with E-state index < -0.39 is 0 Å². The summed E-state index contributed by atoms with van der Waals surface area (Å²) >= 11 is 0. The van der Waals surface area contributed by atoms with Crippen molar-refractivity contribution in [3.05, 3.63) is 35.9 Å². The Labute approximate surface area is 91.2 Å². The van der Waals surface area contributed by atoms with Gasteiger partial charge in [-0.3, -0.25) is 9.79 Å². The molecule has 15 heavy (non-hydrogen) atoms. The summed E-state index contributed by atoms with van der Waals surface area (Å²) in [5, 5.41) is 2.50. The lowest BCUT2D eigenvalue weighted by Crippen LogP contribution is -2.20. The van der Waals surface area contributed by atoms with Crippen molar-refractivity contribution in [2.45, 2.75) is 13.8 Å². The van der Waals surface area contributed by atoms with Crippen molar-refractivity contribution in [1.29, 1.82) is 0 Å². The average Bonchev–Trinajstić information content (AvgIpc) is 2.33. The maximum atomic E-state index is 10.8. The first-order chi connectivity index (χ1) is 7.33. The lowest BCUT2D eigenvalue weighted by Gasteiger charge is -1.93. The molecule has 0 spiro atoms. The number of nitrogens with one attached hydrogen (secondary N) is 1. The van der Waals surface area contributed by atoms with E-state index in [0.717, 1.165) is 5.56 Å². The second-order valence-corrected chi connectivity index (χ2v) is 2.55. The molecule has 3 nitrogen and oxygen atoms in total. The Bertz CT molecular complexity index is 294. The third-order valence-corrected chi connectivity index (χ3v) is 1.55. The summed E-state index contributed by atoms with van der Waals surface area (Å²) in [6.07, 6.45) is 1.69. The minimum Gasteiger partial charge on any atom is -0.358 e. The third kappa shape index (κ3) is 6.43. The maximum absolute atomic E-state index is 10.8. The van der Waals surface area contributed by atoms with E-state index in [1.54, 1.807) is 13.3 Å². The van der Waals surface area contributed by atoms with Crippen molar-refractivity contribution in [1.82, 2.24) is 5.32 Å². The molecule has 1 rings (SSSR count). The maximum Gasteiger partial charge on any atom is 0.241 e. The van der Waals surface area contributed by atoms with Gasteiger partial charge < -0.3 is 5.32 Å². The molecule has 0 bridgehead atoms. The molecular formula is C12H18N2O. The van der Waals surface area contributed by atoms with Gasteiger partial charge in [-0.15, -0.1) is 0 Å². The second kappa shape index (κ2) is 8.94. The molecule has 0 saturated carbocycles. The molecule has 0 aliphatic rings. The molecule has 0 atom stereocenters. The SMILES string of the molecule is CC.CNC(=O)CN=Cc1ccccc1. The Morgan fingerprint density at radius 3 is 2.47 bits per heavy atom. The zero-order valence-electron chi connectivity index (χ0n) is 9.53. The minimum atomic E-state index is -0.0767. The zero-order valence-corrected chi connectivity index (χ0v) is 9.53. The van der Waals surface area contributed by atoms with Crippen molar-refractivity contribution in [3.63, 3.8) is 0 Å². The van der Waals surface area contributed by atoms with E-state index in [9.17, 15) is 4.79 Å². The van der Waals surface area contributed by atoms with Gasteiger partial charge in [0.25, 0.3) is 0 Å². The molecule has 0 saturated heterocycles. The number of nitrogens with zero attached hydrogens (tertiary/aromatic N) is 1. The van der Waals surface area contributed by atoms with Crippen molar-refractivity contribution in [2.24, 2.45) is 4.99 Å². The number of hydrogen-bond acceptors (Lipinski definition) is 2. The Balaban J connectivity index is 0.000000921. The van der Waals surface area contributed by atoms with Gasteiger partial charge in [-0.2, -0.15) is 0 Å². The largest absolute Gasteiger partial charge is 0.358 e. The first kappa shape index (κ1) is 13.4. The number of rotatable bonds is 3. The number of benzene rings is 1. The van der Waals surface area contributed by atoms with Crippen LogP contribution < -0.4 is 5.32 Å². The van der Waals surface area contributed by atoms with E-state index in [4.69, 9.17) is 0 Å². The Morgan fingerprint density at radius 1 is 1.33 bits per heavy atom. The molecule has 3 heteroatoms. The van der Waals surface area contributed by atoms with Crippen LogP contribution in [0, 0.1) is 0 Å². The van der Waals surface area contributed by atoms with Crippen LogP contribution in [-0.4, -0.2) is 25.7 Å². The van der Waals surface area contributed by atoms with E-state index in [-0.39, 0.29) is 12.5 Å². The summed E-state index contributed by atoms with van der Waals surface area (Å²) < 4.78 is 0. The van der Waals surface area contributed by atoms with Crippen LogP contribution in [0.3, 0.4) is 0 Å². The smallest absolute Gasteiger partial charge is 0.241 e. The average molecular weight is 206 g/mol. The summed E-state index contributed by atoms with van der Waals surface area (Å²) in [5.41, 5.74) is 1.01. The van der Waals surface area contributed by atoms with Gasteiger partial charge in [0.2, 0.25) is 5.91 Å². The minimum absolute atomic E-state index is 0.0767. The normalized spacial score (nSPS) is 9.27. The summed E-state index contributed by atoms with van der Waals surface area (Å²) in [5.74, 6) is -0.0767. The number of likely N-dealkylation sites (N-methyl/N-ethyl adjacent to an activating group) is 1. The van der Waals surface area contributed by atoms with E-state index in [1.165, 1.54) is 0 Å². The molecule has 82 valence electrons.